The minimum atomic E-state index is -0.865. The molecule has 21 heavy (non-hydrogen) atoms. The van der Waals surface area contributed by atoms with E-state index < -0.39 is 12.2 Å². The topological polar surface area (TPSA) is 74.4 Å². The lowest BCUT2D eigenvalue weighted by Gasteiger charge is -2.17. The molecule has 0 aliphatic heterocycles. The fourth-order valence-corrected chi connectivity index (χ4v) is 2.42. The van der Waals surface area contributed by atoms with Crippen molar-refractivity contribution in [3.63, 3.8) is 0 Å². The van der Waals surface area contributed by atoms with E-state index in [2.05, 4.69) is 20.9 Å². The van der Waals surface area contributed by atoms with E-state index in [4.69, 9.17) is 26.8 Å². The van der Waals surface area contributed by atoms with E-state index in [1.165, 1.54) is 6.20 Å². The first-order chi connectivity index (χ1) is 10.1. The SMILES string of the molecule is NC(=O)O[C@H](COc1ncc(Cl)cc1Br)c1ccccc1. The predicted octanol–water partition coefficient (Wildman–Crippen LogP) is 3.71. The monoisotopic (exact) mass is 370 g/mol. The molecular formula is C14H12BrClN2O3. The van der Waals surface area contributed by atoms with E-state index in [1.807, 2.05) is 30.3 Å². The second kappa shape index (κ2) is 7.28. The summed E-state index contributed by atoms with van der Waals surface area (Å²) in [4.78, 5) is 15.1. The fourth-order valence-electron chi connectivity index (χ4n) is 1.67. The number of nitrogens with zero attached hydrogens (tertiary/aromatic N) is 1. The van der Waals surface area contributed by atoms with Crippen molar-refractivity contribution in [2.45, 2.75) is 6.10 Å². The van der Waals surface area contributed by atoms with E-state index in [0.717, 1.165) is 5.56 Å². The maximum absolute atomic E-state index is 11.0. The Bertz CT molecular complexity index is 625. The van der Waals surface area contributed by atoms with Gasteiger partial charge in [-0.2, -0.15) is 0 Å². The van der Waals surface area contributed by atoms with Crippen LogP contribution in [0.3, 0.4) is 0 Å². The van der Waals surface area contributed by atoms with Crippen molar-refractivity contribution >= 4 is 33.6 Å². The van der Waals surface area contributed by atoms with Gasteiger partial charge in [-0.15, -0.1) is 0 Å². The van der Waals surface area contributed by atoms with E-state index in [1.54, 1.807) is 6.07 Å². The van der Waals surface area contributed by atoms with Crippen LogP contribution in [0.2, 0.25) is 5.02 Å². The summed E-state index contributed by atoms with van der Waals surface area (Å²) in [6.07, 6.45) is -0.0163. The van der Waals surface area contributed by atoms with Gasteiger partial charge < -0.3 is 15.2 Å². The Morgan fingerprint density at radius 2 is 2.10 bits per heavy atom. The predicted molar refractivity (Wildman–Crippen MR) is 82.3 cm³/mol. The number of hydrogen-bond donors (Lipinski definition) is 1. The van der Waals surface area contributed by atoms with Crippen molar-refractivity contribution in [1.82, 2.24) is 4.98 Å². The molecule has 1 heterocycles. The summed E-state index contributed by atoms with van der Waals surface area (Å²) in [5, 5.41) is 0.488. The summed E-state index contributed by atoms with van der Waals surface area (Å²) >= 11 is 9.11. The minimum Gasteiger partial charge on any atom is -0.473 e. The largest absolute Gasteiger partial charge is 0.473 e. The summed E-state index contributed by atoms with van der Waals surface area (Å²) < 4.78 is 11.2. The molecule has 7 heteroatoms. The molecule has 1 atom stereocenters. The maximum Gasteiger partial charge on any atom is 0.405 e. The molecule has 0 spiro atoms. The third-order valence-corrected chi connectivity index (χ3v) is 3.35. The summed E-state index contributed by atoms with van der Waals surface area (Å²) in [7, 11) is 0. The van der Waals surface area contributed by atoms with Gasteiger partial charge in [0, 0.05) is 6.20 Å². The number of benzene rings is 1. The summed E-state index contributed by atoms with van der Waals surface area (Å²) in [6, 6.07) is 10.8. The van der Waals surface area contributed by atoms with Gasteiger partial charge in [-0.1, -0.05) is 41.9 Å². The smallest absolute Gasteiger partial charge is 0.405 e. The molecular weight excluding hydrogens is 360 g/mol. The van der Waals surface area contributed by atoms with E-state index in [9.17, 15) is 4.79 Å². The van der Waals surface area contributed by atoms with Gasteiger partial charge >= 0.3 is 6.09 Å². The summed E-state index contributed by atoms with van der Waals surface area (Å²) in [5.41, 5.74) is 5.87. The molecule has 0 aliphatic rings. The second-order valence-electron chi connectivity index (χ2n) is 4.09. The third-order valence-electron chi connectivity index (χ3n) is 2.58. The van der Waals surface area contributed by atoms with Crippen molar-refractivity contribution < 1.29 is 14.3 Å². The van der Waals surface area contributed by atoms with E-state index >= 15 is 0 Å². The van der Waals surface area contributed by atoms with Gasteiger partial charge in [-0.25, -0.2) is 9.78 Å². The quantitative estimate of drug-likeness (QED) is 0.869. The molecule has 0 fully saturated rings. The van der Waals surface area contributed by atoms with Crippen LogP contribution in [0.25, 0.3) is 0 Å². The highest BCUT2D eigenvalue weighted by Crippen LogP contribution is 2.27. The van der Waals surface area contributed by atoms with Gasteiger partial charge in [0.25, 0.3) is 0 Å². The Labute approximate surface area is 135 Å². The molecule has 0 bridgehead atoms. The molecule has 1 amide bonds. The van der Waals surface area contributed by atoms with Crippen LogP contribution in [0, 0.1) is 0 Å². The summed E-state index contributed by atoms with van der Waals surface area (Å²) in [6.45, 7) is 0.0835. The Kier molecular flexibility index (Phi) is 5.41. The van der Waals surface area contributed by atoms with Gasteiger partial charge in [0.2, 0.25) is 5.88 Å². The first-order valence-corrected chi connectivity index (χ1v) is 7.18. The van der Waals surface area contributed by atoms with E-state index in [-0.39, 0.29) is 6.61 Å². The highest BCUT2D eigenvalue weighted by molar-refractivity contribution is 9.10. The maximum atomic E-state index is 11.0. The lowest BCUT2D eigenvalue weighted by molar-refractivity contribution is 0.0695. The molecule has 1 aromatic heterocycles. The van der Waals surface area contributed by atoms with Gasteiger partial charge in [-0.05, 0) is 27.6 Å². The Morgan fingerprint density at radius 3 is 2.71 bits per heavy atom. The third kappa shape index (κ3) is 4.61. The number of primary amides is 1. The Morgan fingerprint density at radius 1 is 1.38 bits per heavy atom. The van der Waals surface area contributed by atoms with Crippen LogP contribution in [-0.2, 0) is 4.74 Å². The van der Waals surface area contributed by atoms with Gasteiger partial charge in [-0.3, -0.25) is 0 Å². The van der Waals surface area contributed by atoms with Crippen LogP contribution < -0.4 is 10.5 Å². The lowest BCUT2D eigenvalue weighted by atomic mass is 10.1. The number of aromatic nitrogens is 1. The van der Waals surface area contributed by atoms with Crippen LogP contribution in [0.1, 0.15) is 11.7 Å². The van der Waals surface area contributed by atoms with Crippen LogP contribution in [0.5, 0.6) is 5.88 Å². The molecule has 0 radical (unpaired) electrons. The zero-order chi connectivity index (χ0) is 15.2. The number of amides is 1. The Balaban J connectivity index is 2.10. The van der Waals surface area contributed by atoms with Crippen molar-refractivity contribution in [3.05, 3.63) is 57.7 Å². The molecule has 0 saturated heterocycles. The van der Waals surface area contributed by atoms with Crippen LogP contribution in [0.15, 0.2) is 47.1 Å². The molecule has 2 rings (SSSR count). The molecule has 5 nitrogen and oxygen atoms in total. The van der Waals surface area contributed by atoms with Crippen molar-refractivity contribution in [2.75, 3.05) is 6.61 Å². The van der Waals surface area contributed by atoms with Crippen molar-refractivity contribution in [1.29, 1.82) is 0 Å². The second-order valence-corrected chi connectivity index (χ2v) is 5.38. The minimum absolute atomic E-state index is 0.0835. The molecule has 110 valence electrons. The number of nitrogens with two attached hydrogens (primary N) is 1. The molecule has 2 aromatic rings. The van der Waals surface area contributed by atoms with Gasteiger partial charge in [0.15, 0.2) is 6.10 Å². The average molecular weight is 372 g/mol. The fraction of sp³-hybridized carbons (Fsp3) is 0.143. The van der Waals surface area contributed by atoms with Crippen LogP contribution in [-0.4, -0.2) is 17.7 Å². The van der Waals surface area contributed by atoms with E-state index in [0.29, 0.717) is 15.4 Å². The summed E-state index contributed by atoms with van der Waals surface area (Å²) in [5.74, 6) is 0.355. The number of carbonyl (C=O) groups is 1. The standard InChI is InChI=1S/C14H12BrClN2O3/c15-11-6-10(16)7-18-13(11)20-8-12(21-14(17)19)9-4-2-1-3-5-9/h1-7,12H,8H2,(H2,17,19)/t12-/m1/s1. The number of rotatable bonds is 5. The number of hydrogen-bond acceptors (Lipinski definition) is 4. The highest BCUT2D eigenvalue weighted by atomic mass is 79.9. The number of carbonyl (C=O) groups excluding carboxylic acids is 1. The molecule has 0 aliphatic carbocycles. The lowest BCUT2D eigenvalue weighted by Crippen LogP contribution is -2.22. The normalized spacial score (nSPS) is 11.7. The Hall–Kier alpha value is -1.79. The molecule has 1 aromatic carbocycles. The van der Waals surface area contributed by atoms with Crippen molar-refractivity contribution in [3.8, 4) is 5.88 Å². The number of ether oxygens (including phenoxy) is 2. The number of halogens is 2. The van der Waals surface area contributed by atoms with Gasteiger partial charge in [0.1, 0.15) is 6.61 Å². The molecule has 0 unspecified atom stereocenters. The first-order valence-electron chi connectivity index (χ1n) is 6.01. The highest BCUT2D eigenvalue weighted by Gasteiger charge is 2.17. The molecule has 2 N–H and O–H groups in total. The van der Waals surface area contributed by atoms with Crippen LogP contribution >= 0.6 is 27.5 Å². The van der Waals surface area contributed by atoms with Crippen LogP contribution in [0.4, 0.5) is 4.79 Å². The number of pyridine rings is 1. The van der Waals surface area contributed by atoms with Crippen molar-refractivity contribution in [2.24, 2.45) is 5.73 Å². The molecule has 0 saturated carbocycles. The zero-order valence-corrected chi connectivity index (χ0v) is 13.2. The average Bonchev–Trinajstić information content (AvgIpc) is 2.45. The van der Waals surface area contributed by atoms with Gasteiger partial charge in [0.05, 0.1) is 9.50 Å². The first kappa shape index (κ1) is 15.6. The zero-order valence-electron chi connectivity index (χ0n) is 10.8.